The van der Waals surface area contributed by atoms with Crippen LogP contribution in [0.2, 0.25) is 0 Å². The normalized spacial score (nSPS) is 14.3. The first-order valence-electron chi connectivity index (χ1n) is 13.1. The van der Waals surface area contributed by atoms with E-state index < -0.39 is 24.2 Å². The maximum absolute atomic E-state index is 14.8. The lowest BCUT2D eigenvalue weighted by Crippen LogP contribution is -2.33. The average Bonchev–Trinajstić information content (AvgIpc) is 3.28. The lowest BCUT2D eigenvalue weighted by atomic mass is 9.88. The second kappa shape index (κ2) is 12.1. The molecule has 2 heterocycles. The van der Waals surface area contributed by atoms with E-state index in [2.05, 4.69) is 14.6 Å². The van der Waals surface area contributed by atoms with Gasteiger partial charge in [-0.25, -0.2) is 18.6 Å². The van der Waals surface area contributed by atoms with E-state index in [1.54, 1.807) is 23.7 Å². The van der Waals surface area contributed by atoms with E-state index in [1.807, 2.05) is 6.07 Å². The molecule has 0 bridgehead atoms. The third-order valence-electron chi connectivity index (χ3n) is 7.45. The van der Waals surface area contributed by atoms with Gasteiger partial charge in [0.05, 0.1) is 29.3 Å². The third-order valence-corrected chi connectivity index (χ3v) is 7.45. The number of carboxylic acids is 1. The number of aromatic carboxylic acids is 1. The second-order valence-corrected chi connectivity index (χ2v) is 10.0. The molecule has 12 heteroatoms. The van der Waals surface area contributed by atoms with Crippen LogP contribution in [-0.2, 0) is 20.2 Å². The molecular weight excluding hydrogens is 556 g/mol. The molecule has 0 saturated carbocycles. The largest absolute Gasteiger partial charge is 0.485 e. The van der Waals surface area contributed by atoms with Crippen molar-refractivity contribution in [2.24, 2.45) is 7.05 Å². The minimum atomic E-state index is -3.14. The fourth-order valence-corrected chi connectivity index (χ4v) is 5.24. The molecule has 1 N–H and O–H groups in total. The number of hydrogen-bond donors (Lipinski definition) is 1. The number of nitrogens with zero attached hydrogens (tertiary/aromatic N) is 4. The highest BCUT2D eigenvalue weighted by Gasteiger charge is 2.27. The second-order valence-electron chi connectivity index (χ2n) is 10.0. The van der Waals surface area contributed by atoms with Crippen LogP contribution < -0.4 is 9.47 Å². The molecule has 0 aliphatic carbocycles. The minimum absolute atomic E-state index is 0.0256. The van der Waals surface area contributed by atoms with Gasteiger partial charge in [0.2, 0.25) is 0 Å². The van der Waals surface area contributed by atoms with Crippen LogP contribution in [0.15, 0.2) is 48.5 Å². The van der Waals surface area contributed by atoms with Gasteiger partial charge < -0.3 is 19.1 Å². The van der Waals surface area contributed by atoms with Gasteiger partial charge in [-0.15, -0.1) is 0 Å². The van der Waals surface area contributed by atoms with Crippen molar-refractivity contribution >= 4 is 17.0 Å². The van der Waals surface area contributed by atoms with Gasteiger partial charge in [0, 0.05) is 18.2 Å². The van der Waals surface area contributed by atoms with E-state index in [0.29, 0.717) is 49.4 Å². The van der Waals surface area contributed by atoms with Crippen molar-refractivity contribution in [3.8, 4) is 17.6 Å². The molecule has 0 radical (unpaired) electrons. The number of alkyl halides is 2. The number of aromatic nitrogens is 2. The van der Waals surface area contributed by atoms with E-state index in [9.17, 15) is 27.5 Å². The Labute approximate surface area is 238 Å². The molecule has 1 aliphatic heterocycles. The number of halogens is 4. The standard InChI is InChI=1S/C30H26F4N4O4/c1-37-24-12-20(29(39)40)13-25(42-30(33)34)27(24)36-26(37)15-38-9-7-18(8-10-38)21-3-2-4-22(31)28(21)41-16-19-6-5-17(14-35)11-23(19)32/h2-6,11-13,18,30H,7-10,15-16H2,1H3,(H,39,40). The van der Waals surface area contributed by atoms with Gasteiger partial charge in [-0.1, -0.05) is 18.2 Å². The number of piperidine rings is 1. The highest BCUT2D eigenvalue weighted by molar-refractivity contribution is 5.95. The van der Waals surface area contributed by atoms with E-state index >= 15 is 0 Å². The number of benzene rings is 3. The SMILES string of the molecule is Cn1c(CN2CCC(c3cccc(F)c3OCc3ccc(C#N)cc3F)CC2)nc2c(OC(F)F)cc(C(=O)O)cc21. The molecule has 1 aliphatic rings. The zero-order valence-corrected chi connectivity index (χ0v) is 22.5. The third kappa shape index (κ3) is 6.01. The number of carboxylic acid groups (broad SMARTS) is 1. The van der Waals surface area contributed by atoms with E-state index in [-0.39, 0.29) is 46.2 Å². The summed E-state index contributed by atoms with van der Waals surface area (Å²) in [7, 11) is 1.68. The Hall–Kier alpha value is -4.63. The van der Waals surface area contributed by atoms with Crippen LogP contribution >= 0.6 is 0 Å². The van der Waals surface area contributed by atoms with Crippen molar-refractivity contribution in [1.82, 2.24) is 14.5 Å². The maximum Gasteiger partial charge on any atom is 0.387 e. The molecule has 8 nitrogen and oxygen atoms in total. The average molecular weight is 583 g/mol. The number of carbonyl (C=O) groups is 1. The van der Waals surface area contributed by atoms with Gasteiger partial charge in [-0.3, -0.25) is 4.90 Å². The van der Waals surface area contributed by atoms with Gasteiger partial charge in [0.1, 0.15) is 23.8 Å². The fourth-order valence-electron chi connectivity index (χ4n) is 5.24. The molecular formula is C30H26F4N4O4. The summed E-state index contributed by atoms with van der Waals surface area (Å²) in [5, 5.41) is 18.3. The number of rotatable bonds is 9. The Morgan fingerprint density at radius 2 is 1.90 bits per heavy atom. The fraction of sp³-hybridized carbons (Fsp3) is 0.300. The van der Waals surface area contributed by atoms with Crippen molar-refractivity contribution in [2.75, 3.05) is 13.1 Å². The first-order chi connectivity index (χ1) is 20.1. The highest BCUT2D eigenvalue weighted by atomic mass is 19.3. The van der Waals surface area contributed by atoms with Gasteiger partial charge in [0.25, 0.3) is 0 Å². The summed E-state index contributed by atoms with van der Waals surface area (Å²) in [6, 6.07) is 13.0. The summed E-state index contributed by atoms with van der Waals surface area (Å²) in [4.78, 5) is 18.1. The molecule has 3 aromatic carbocycles. The molecule has 4 aromatic rings. The molecule has 1 aromatic heterocycles. The summed E-state index contributed by atoms with van der Waals surface area (Å²) in [5.74, 6) is -2.15. The summed E-state index contributed by atoms with van der Waals surface area (Å²) in [6.45, 7) is -1.72. The zero-order valence-electron chi connectivity index (χ0n) is 22.5. The number of nitriles is 1. The maximum atomic E-state index is 14.8. The molecule has 0 spiro atoms. The molecule has 0 amide bonds. The number of ether oxygens (including phenoxy) is 2. The Balaban J connectivity index is 1.29. The van der Waals surface area contributed by atoms with E-state index in [1.165, 1.54) is 24.3 Å². The van der Waals surface area contributed by atoms with Crippen molar-refractivity contribution < 1.29 is 36.9 Å². The van der Waals surface area contributed by atoms with Crippen LogP contribution in [0.3, 0.4) is 0 Å². The lowest BCUT2D eigenvalue weighted by molar-refractivity contribution is -0.0489. The molecule has 5 rings (SSSR count). The first kappa shape index (κ1) is 28.9. The number of hydrogen-bond acceptors (Lipinski definition) is 6. The topological polar surface area (TPSA) is 101 Å². The quantitative estimate of drug-likeness (QED) is 0.242. The van der Waals surface area contributed by atoms with Crippen LogP contribution in [-0.4, -0.2) is 45.2 Å². The summed E-state index contributed by atoms with van der Waals surface area (Å²) in [5.41, 5.74) is 1.38. The Morgan fingerprint density at radius 3 is 2.57 bits per heavy atom. The molecule has 1 fully saturated rings. The molecule has 42 heavy (non-hydrogen) atoms. The molecule has 0 unspecified atom stereocenters. The molecule has 0 atom stereocenters. The van der Waals surface area contributed by atoms with Gasteiger partial charge in [-0.2, -0.15) is 14.0 Å². The Morgan fingerprint density at radius 1 is 1.14 bits per heavy atom. The predicted molar refractivity (Wildman–Crippen MR) is 143 cm³/mol. The highest BCUT2D eigenvalue weighted by Crippen LogP contribution is 2.37. The predicted octanol–water partition coefficient (Wildman–Crippen LogP) is 5.98. The minimum Gasteiger partial charge on any atom is -0.485 e. The lowest BCUT2D eigenvalue weighted by Gasteiger charge is -2.32. The summed E-state index contributed by atoms with van der Waals surface area (Å²) in [6.07, 6.45) is 1.33. The number of likely N-dealkylation sites (tertiary alicyclic amines) is 1. The van der Waals surface area contributed by atoms with Crippen molar-refractivity contribution in [2.45, 2.75) is 38.5 Å². The monoisotopic (exact) mass is 582 g/mol. The van der Waals surface area contributed by atoms with Crippen LogP contribution in [0.1, 0.15) is 51.6 Å². The van der Waals surface area contributed by atoms with Gasteiger partial charge in [-0.05, 0) is 62.2 Å². The van der Waals surface area contributed by atoms with Crippen molar-refractivity contribution in [3.05, 3.63) is 88.2 Å². The van der Waals surface area contributed by atoms with Crippen LogP contribution in [0, 0.1) is 23.0 Å². The van der Waals surface area contributed by atoms with Crippen molar-refractivity contribution in [3.63, 3.8) is 0 Å². The van der Waals surface area contributed by atoms with Crippen molar-refractivity contribution in [1.29, 1.82) is 5.26 Å². The molecule has 218 valence electrons. The smallest absolute Gasteiger partial charge is 0.387 e. The number of imidazole rings is 1. The Bertz CT molecular complexity index is 1680. The Kier molecular flexibility index (Phi) is 8.31. The van der Waals surface area contributed by atoms with Gasteiger partial charge >= 0.3 is 12.6 Å². The van der Waals surface area contributed by atoms with E-state index in [0.717, 1.165) is 12.1 Å². The molecule has 1 saturated heterocycles. The first-order valence-corrected chi connectivity index (χ1v) is 13.1. The summed E-state index contributed by atoms with van der Waals surface area (Å²) < 4.78 is 67.2. The number of fused-ring (bicyclic) bond motifs is 1. The van der Waals surface area contributed by atoms with Crippen LogP contribution in [0.4, 0.5) is 17.6 Å². The van der Waals surface area contributed by atoms with Crippen LogP contribution in [0.5, 0.6) is 11.5 Å². The van der Waals surface area contributed by atoms with E-state index in [4.69, 9.17) is 10.00 Å². The number of aryl methyl sites for hydroxylation is 1. The summed E-state index contributed by atoms with van der Waals surface area (Å²) >= 11 is 0. The zero-order chi connectivity index (χ0) is 30.0. The van der Waals surface area contributed by atoms with Gasteiger partial charge in [0.15, 0.2) is 17.3 Å². The van der Waals surface area contributed by atoms with Crippen LogP contribution in [0.25, 0.3) is 11.0 Å². The number of para-hydroxylation sites is 1.